The van der Waals surface area contributed by atoms with Gasteiger partial charge >= 0.3 is 0 Å². The Morgan fingerprint density at radius 3 is 2.71 bits per heavy atom. The van der Waals surface area contributed by atoms with Crippen LogP contribution < -0.4 is 5.32 Å². The van der Waals surface area contributed by atoms with E-state index in [0.29, 0.717) is 17.4 Å². The number of tetrazole rings is 1. The molecule has 7 heteroatoms. The van der Waals surface area contributed by atoms with E-state index in [9.17, 15) is 0 Å². The van der Waals surface area contributed by atoms with Gasteiger partial charge in [0.05, 0.1) is 22.9 Å². The van der Waals surface area contributed by atoms with Crippen LogP contribution in [0.1, 0.15) is 5.82 Å². The van der Waals surface area contributed by atoms with Crippen molar-refractivity contribution in [2.45, 2.75) is 6.54 Å². The predicted octanol–water partition coefficient (Wildman–Crippen LogP) is 3.69. The van der Waals surface area contributed by atoms with Crippen LogP contribution >= 0.6 is 27.5 Å². The molecule has 1 aromatic heterocycles. The van der Waals surface area contributed by atoms with Gasteiger partial charge in [-0.1, -0.05) is 45.7 Å². The van der Waals surface area contributed by atoms with E-state index in [1.54, 1.807) is 4.68 Å². The van der Waals surface area contributed by atoms with Crippen molar-refractivity contribution in [3.05, 3.63) is 63.9 Å². The fourth-order valence-corrected chi connectivity index (χ4v) is 2.63. The SMILES string of the molecule is Clc1cc(Br)ccc1NCc1nnnn1-c1ccccc1. The summed E-state index contributed by atoms with van der Waals surface area (Å²) in [6, 6.07) is 15.4. The lowest BCUT2D eigenvalue weighted by Crippen LogP contribution is -2.08. The minimum absolute atomic E-state index is 0.475. The van der Waals surface area contributed by atoms with E-state index in [0.717, 1.165) is 15.8 Å². The van der Waals surface area contributed by atoms with Crippen molar-refractivity contribution in [2.75, 3.05) is 5.32 Å². The van der Waals surface area contributed by atoms with E-state index in [1.807, 2.05) is 48.5 Å². The summed E-state index contributed by atoms with van der Waals surface area (Å²) >= 11 is 9.56. The molecule has 5 nitrogen and oxygen atoms in total. The Labute approximate surface area is 135 Å². The number of rotatable bonds is 4. The largest absolute Gasteiger partial charge is 0.376 e. The third-order valence-electron chi connectivity index (χ3n) is 2.90. The summed E-state index contributed by atoms with van der Waals surface area (Å²) < 4.78 is 2.63. The zero-order valence-corrected chi connectivity index (χ0v) is 13.2. The second-order valence-corrected chi connectivity index (χ2v) is 5.64. The van der Waals surface area contributed by atoms with E-state index in [1.165, 1.54) is 0 Å². The molecule has 0 amide bonds. The highest BCUT2D eigenvalue weighted by molar-refractivity contribution is 9.10. The fraction of sp³-hybridized carbons (Fsp3) is 0.0714. The van der Waals surface area contributed by atoms with Crippen LogP contribution in [0.2, 0.25) is 5.02 Å². The van der Waals surface area contributed by atoms with E-state index >= 15 is 0 Å². The van der Waals surface area contributed by atoms with E-state index in [2.05, 4.69) is 36.8 Å². The normalized spacial score (nSPS) is 10.6. The number of hydrogen-bond acceptors (Lipinski definition) is 4. The van der Waals surface area contributed by atoms with Crippen molar-refractivity contribution in [3.63, 3.8) is 0 Å². The average molecular weight is 365 g/mol. The number of aromatic nitrogens is 4. The molecule has 0 aliphatic rings. The Balaban J connectivity index is 1.79. The van der Waals surface area contributed by atoms with Gasteiger partial charge in [0.25, 0.3) is 0 Å². The van der Waals surface area contributed by atoms with Crippen molar-refractivity contribution in [1.82, 2.24) is 20.2 Å². The quantitative estimate of drug-likeness (QED) is 0.767. The Morgan fingerprint density at radius 2 is 1.95 bits per heavy atom. The molecule has 0 aliphatic heterocycles. The minimum atomic E-state index is 0.475. The molecule has 3 rings (SSSR count). The molecule has 3 aromatic rings. The van der Waals surface area contributed by atoms with Gasteiger partial charge in [-0.05, 0) is 40.8 Å². The number of benzene rings is 2. The highest BCUT2D eigenvalue weighted by Gasteiger charge is 2.08. The zero-order valence-electron chi connectivity index (χ0n) is 10.9. The second-order valence-electron chi connectivity index (χ2n) is 4.32. The molecular formula is C14H11BrClN5. The predicted molar refractivity (Wildman–Crippen MR) is 85.6 cm³/mol. The Hall–Kier alpha value is -1.92. The molecule has 0 spiro atoms. The average Bonchev–Trinajstić information content (AvgIpc) is 2.96. The lowest BCUT2D eigenvalue weighted by Gasteiger charge is -2.09. The standard InChI is InChI=1S/C14H11BrClN5/c15-10-6-7-13(12(16)8-10)17-9-14-18-19-20-21(14)11-4-2-1-3-5-11/h1-8,17H,9H2. The van der Waals surface area contributed by atoms with Gasteiger partial charge in [0.15, 0.2) is 5.82 Å². The summed E-state index contributed by atoms with van der Waals surface area (Å²) in [5, 5.41) is 15.7. The Morgan fingerprint density at radius 1 is 1.14 bits per heavy atom. The lowest BCUT2D eigenvalue weighted by molar-refractivity contribution is 0.768. The molecule has 0 aliphatic carbocycles. The van der Waals surface area contributed by atoms with Gasteiger partial charge in [-0.3, -0.25) is 0 Å². The maximum Gasteiger partial charge on any atom is 0.175 e. The first-order chi connectivity index (χ1) is 10.2. The first-order valence-corrected chi connectivity index (χ1v) is 7.43. The van der Waals surface area contributed by atoms with Crippen LogP contribution in [-0.2, 0) is 6.54 Å². The first kappa shape index (κ1) is 14.0. The Bertz CT molecular complexity index is 744. The molecule has 106 valence electrons. The van der Waals surface area contributed by atoms with Gasteiger partial charge in [-0.25, -0.2) is 0 Å². The molecule has 1 N–H and O–H groups in total. The van der Waals surface area contributed by atoms with E-state index in [-0.39, 0.29) is 0 Å². The van der Waals surface area contributed by atoms with E-state index < -0.39 is 0 Å². The maximum absolute atomic E-state index is 6.18. The summed E-state index contributed by atoms with van der Waals surface area (Å²) in [5.74, 6) is 0.709. The Kier molecular flexibility index (Phi) is 4.17. The molecule has 0 fully saturated rings. The highest BCUT2D eigenvalue weighted by Crippen LogP contribution is 2.26. The number of anilines is 1. The number of nitrogens with one attached hydrogen (secondary N) is 1. The van der Waals surface area contributed by atoms with Crippen LogP contribution in [0.4, 0.5) is 5.69 Å². The van der Waals surface area contributed by atoms with Gasteiger partial charge in [-0.2, -0.15) is 4.68 Å². The number of hydrogen-bond donors (Lipinski definition) is 1. The van der Waals surface area contributed by atoms with Crippen molar-refractivity contribution < 1.29 is 0 Å². The first-order valence-electron chi connectivity index (χ1n) is 6.25. The van der Waals surface area contributed by atoms with Crippen molar-refractivity contribution in [3.8, 4) is 5.69 Å². The molecule has 0 bridgehead atoms. The topological polar surface area (TPSA) is 55.6 Å². The number of nitrogens with zero attached hydrogens (tertiary/aromatic N) is 4. The molecule has 2 aromatic carbocycles. The van der Waals surface area contributed by atoms with Crippen molar-refractivity contribution in [2.24, 2.45) is 0 Å². The summed E-state index contributed by atoms with van der Waals surface area (Å²) in [4.78, 5) is 0. The van der Waals surface area contributed by atoms with Gasteiger partial charge in [0.1, 0.15) is 0 Å². The maximum atomic E-state index is 6.18. The fourth-order valence-electron chi connectivity index (χ4n) is 1.89. The lowest BCUT2D eigenvalue weighted by atomic mass is 10.3. The van der Waals surface area contributed by atoms with Crippen LogP contribution in [0.15, 0.2) is 53.0 Å². The smallest absolute Gasteiger partial charge is 0.175 e. The second kappa shape index (κ2) is 6.24. The molecule has 0 atom stereocenters. The number of halogens is 2. The van der Waals surface area contributed by atoms with Crippen LogP contribution in [0.5, 0.6) is 0 Å². The summed E-state index contributed by atoms with van der Waals surface area (Å²) in [6.07, 6.45) is 0. The van der Waals surface area contributed by atoms with Gasteiger partial charge in [0, 0.05) is 4.47 Å². The van der Waals surface area contributed by atoms with Crippen LogP contribution in [0.3, 0.4) is 0 Å². The summed E-state index contributed by atoms with van der Waals surface area (Å²) in [5.41, 5.74) is 1.75. The van der Waals surface area contributed by atoms with Gasteiger partial charge < -0.3 is 5.32 Å². The molecule has 0 unspecified atom stereocenters. The van der Waals surface area contributed by atoms with Crippen molar-refractivity contribution in [1.29, 1.82) is 0 Å². The van der Waals surface area contributed by atoms with Gasteiger partial charge in [0.2, 0.25) is 0 Å². The molecule has 1 heterocycles. The summed E-state index contributed by atoms with van der Waals surface area (Å²) in [7, 11) is 0. The summed E-state index contributed by atoms with van der Waals surface area (Å²) in [6.45, 7) is 0.475. The van der Waals surface area contributed by atoms with Crippen LogP contribution in [0, 0.1) is 0 Å². The molecule has 0 radical (unpaired) electrons. The number of para-hydroxylation sites is 1. The molecule has 21 heavy (non-hydrogen) atoms. The zero-order chi connectivity index (χ0) is 14.7. The van der Waals surface area contributed by atoms with Crippen molar-refractivity contribution >= 4 is 33.2 Å². The van der Waals surface area contributed by atoms with E-state index in [4.69, 9.17) is 11.6 Å². The third kappa shape index (κ3) is 3.22. The minimum Gasteiger partial charge on any atom is -0.376 e. The van der Waals surface area contributed by atoms with Crippen LogP contribution in [-0.4, -0.2) is 20.2 Å². The molecule has 0 saturated carbocycles. The van der Waals surface area contributed by atoms with Crippen LogP contribution in [0.25, 0.3) is 5.69 Å². The molecular weight excluding hydrogens is 354 g/mol. The monoisotopic (exact) mass is 363 g/mol. The van der Waals surface area contributed by atoms with Gasteiger partial charge in [-0.15, -0.1) is 5.10 Å². The third-order valence-corrected chi connectivity index (χ3v) is 3.71. The molecule has 0 saturated heterocycles. The highest BCUT2D eigenvalue weighted by atomic mass is 79.9.